The molecule has 0 spiro atoms. The van der Waals surface area contributed by atoms with Crippen molar-refractivity contribution in [3.8, 4) is 5.75 Å². The van der Waals surface area contributed by atoms with E-state index in [2.05, 4.69) is 0 Å². The van der Waals surface area contributed by atoms with Crippen molar-refractivity contribution in [3.63, 3.8) is 0 Å². The number of benzene rings is 1. The van der Waals surface area contributed by atoms with Crippen molar-refractivity contribution in [2.24, 2.45) is 0 Å². The van der Waals surface area contributed by atoms with Crippen LogP contribution in [-0.4, -0.2) is 33.1 Å². The predicted octanol–water partition coefficient (Wildman–Crippen LogP) is 2.75. The molecule has 21 heavy (non-hydrogen) atoms. The van der Waals surface area contributed by atoms with E-state index < -0.39 is 5.97 Å². The Morgan fingerprint density at radius 1 is 1.24 bits per heavy atom. The molecule has 0 amide bonds. The highest BCUT2D eigenvalue weighted by molar-refractivity contribution is 6.16. The Morgan fingerprint density at radius 2 is 2.00 bits per heavy atom. The van der Waals surface area contributed by atoms with Crippen LogP contribution in [0, 0.1) is 0 Å². The third-order valence-electron chi connectivity index (χ3n) is 3.21. The van der Waals surface area contributed by atoms with E-state index in [1.807, 2.05) is 0 Å². The quantitative estimate of drug-likeness (QED) is 0.474. The highest BCUT2D eigenvalue weighted by atomic mass is 16.7. The van der Waals surface area contributed by atoms with Crippen LogP contribution >= 0.6 is 0 Å². The van der Waals surface area contributed by atoms with Gasteiger partial charge < -0.3 is 18.9 Å². The van der Waals surface area contributed by atoms with Gasteiger partial charge in [0.05, 0.1) is 27.1 Å². The maximum atomic E-state index is 11.7. The lowest BCUT2D eigenvalue weighted by Crippen LogP contribution is -2.24. The number of carbonyl (C=O) groups excluding carboxylic acids is 1. The second-order valence-electron chi connectivity index (χ2n) is 4.70. The molecule has 0 aliphatic carbocycles. The largest absolute Gasteiger partial charge is 0.503 e. The molecule has 1 aromatic carbocycles. The van der Waals surface area contributed by atoms with Gasteiger partial charge in [0.25, 0.3) is 0 Å². The van der Waals surface area contributed by atoms with Gasteiger partial charge in [-0.3, -0.25) is 0 Å². The first-order chi connectivity index (χ1) is 10.2. The summed E-state index contributed by atoms with van der Waals surface area (Å²) < 4.78 is 20.9. The summed E-state index contributed by atoms with van der Waals surface area (Å²) in [5.74, 6) is 0.272. The summed E-state index contributed by atoms with van der Waals surface area (Å²) in [5.41, 5.74) is 1.07. The Bertz CT molecular complexity index is 486. The number of methoxy groups -OCH3 is 2. The number of carbonyl (C=O) groups is 1. The van der Waals surface area contributed by atoms with Crippen LogP contribution < -0.4 is 4.74 Å². The van der Waals surface area contributed by atoms with Crippen molar-refractivity contribution in [2.45, 2.75) is 25.6 Å². The van der Waals surface area contributed by atoms with E-state index in [0.29, 0.717) is 16.9 Å². The van der Waals surface area contributed by atoms with Gasteiger partial charge in [-0.05, 0) is 30.5 Å². The van der Waals surface area contributed by atoms with Gasteiger partial charge in [0.1, 0.15) is 11.3 Å². The van der Waals surface area contributed by atoms with Crippen LogP contribution in [0.3, 0.4) is 0 Å². The average Bonchev–Trinajstić information content (AvgIpc) is 2.54. The second-order valence-corrected chi connectivity index (χ2v) is 4.70. The van der Waals surface area contributed by atoms with Gasteiger partial charge in [0.15, 0.2) is 6.29 Å². The molecule has 0 radical (unpaired) electrons. The Labute approximate surface area is 124 Å². The Balaban J connectivity index is 2.06. The Morgan fingerprint density at radius 3 is 2.57 bits per heavy atom. The summed E-state index contributed by atoms with van der Waals surface area (Å²) in [7, 11) is 2.82. The summed E-state index contributed by atoms with van der Waals surface area (Å²) in [4.78, 5) is 11.7. The molecule has 1 aromatic rings. The van der Waals surface area contributed by atoms with E-state index in [1.54, 1.807) is 24.3 Å². The molecule has 1 saturated heterocycles. The number of rotatable bonds is 5. The molecule has 114 valence electrons. The van der Waals surface area contributed by atoms with Crippen molar-refractivity contribution in [3.05, 3.63) is 36.1 Å². The van der Waals surface area contributed by atoms with Crippen molar-refractivity contribution >= 4 is 11.5 Å². The van der Waals surface area contributed by atoms with Gasteiger partial charge in [0.2, 0.25) is 0 Å². The van der Waals surface area contributed by atoms with E-state index in [-0.39, 0.29) is 6.29 Å². The maximum Gasteiger partial charge on any atom is 0.341 e. The van der Waals surface area contributed by atoms with Crippen LogP contribution in [0.2, 0.25) is 0 Å². The molecule has 0 N–H and O–H groups in total. The van der Waals surface area contributed by atoms with Crippen LogP contribution in [0.4, 0.5) is 0 Å². The van der Waals surface area contributed by atoms with E-state index in [4.69, 9.17) is 18.9 Å². The SMILES string of the molecule is COC=C(C(=O)OC)c1ccc(OC2CCCCO2)cc1. The fraction of sp³-hybridized carbons (Fsp3) is 0.438. The van der Waals surface area contributed by atoms with Crippen molar-refractivity contribution in [1.82, 2.24) is 0 Å². The zero-order valence-electron chi connectivity index (χ0n) is 12.3. The minimum atomic E-state index is -0.443. The molecule has 2 rings (SSSR count). The normalized spacial score (nSPS) is 19.0. The molecule has 0 aromatic heterocycles. The van der Waals surface area contributed by atoms with Gasteiger partial charge >= 0.3 is 5.97 Å². The van der Waals surface area contributed by atoms with Gasteiger partial charge in [-0.1, -0.05) is 12.1 Å². The molecule has 1 unspecified atom stereocenters. The third-order valence-corrected chi connectivity index (χ3v) is 3.21. The maximum absolute atomic E-state index is 11.7. The molecule has 1 aliphatic heterocycles. The first-order valence-corrected chi connectivity index (χ1v) is 6.94. The monoisotopic (exact) mass is 292 g/mol. The number of esters is 1. The van der Waals surface area contributed by atoms with Crippen LogP contribution in [-0.2, 0) is 19.0 Å². The summed E-state index contributed by atoms with van der Waals surface area (Å²) in [6.07, 6.45) is 4.29. The third kappa shape index (κ3) is 4.23. The second kappa shape index (κ2) is 7.69. The highest BCUT2D eigenvalue weighted by Gasteiger charge is 2.16. The number of hydrogen-bond acceptors (Lipinski definition) is 5. The van der Waals surface area contributed by atoms with Gasteiger partial charge in [-0.15, -0.1) is 0 Å². The summed E-state index contributed by atoms with van der Waals surface area (Å²) >= 11 is 0. The van der Waals surface area contributed by atoms with Gasteiger partial charge in [-0.2, -0.15) is 0 Å². The first kappa shape index (κ1) is 15.4. The highest BCUT2D eigenvalue weighted by Crippen LogP contribution is 2.23. The van der Waals surface area contributed by atoms with E-state index >= 15 is 0 Å². The first-order valence-electron chi connectivity index (χ1n) is 6.94. The van der Waals surface area contributed by atoms with Crippen molar-refractivity contribution in [1.29, 1.82) is 0 Å². The van der Waals surface area contributed by atoms with Crippen LogP contribution in [0.25, 0.3) is 5.57 Å². The molecule has 0 saturated carbocycles. The molecule has 1 atom stereocenters. The number of hydrogen-bond donors (Lipinski definition) is 0. The standard InChI is InChI=1S/C16H20O5/c1-18-11-14(16(17)19-2)12-6-8-13(9-7-12)21-15-5-3-4-10-20-15/h6-9,11,15H,3-5,10H2,1-2H3. The predicted molar refractivity (Wildman–Crippen MR) is 77.7 cm³/mol. The molecule has 1 heterocycles. The van der Waals surface area contributed by atoms with Gasteiger partial charge in [-0.25, -0.2) is 4.79 Å². The van der Waals surface area contributed by atoms with E-state index in [9.17, 15) is 4.79 Å². The van der Waals surface area contributed by atoms with Crippen LogP contribution in [0.5, 0.6) is 5.75 Å². The zero-order valence-corrected chi connectivity index (χ0v) is 12.3. The minimum absolute atomic E-state index is 0.181. The van der Waals surface area contributed by atoms with Crippen molar-refractivity contribution in [2.75, 3.05) is 20.8 Å². The molecule has 1 aliphatic rings. The molecular weight excluding hydrogens is 272 g/mol. The summed E-state index contributed by atoms with van der Waals surface area (Å²) in [5, 5.41) is 0. The summed E-state index contributed by atoms with van der Waals surface area (Å²) in [6, 6.07) is 7.19. The Hall–Kier alpha value is -2.01. The van der Waals surface area contributed by atoms with E-state index in [1.165, 1.54) is 20.5 Å². The number of ether oxygens (including phenoxy) is 4. The molecule has 1 fully saturated rings. The van der Waals surface area contributed by atoms with Gasteiger partial charge in [0, 0.05) is 6.42 Å². The fourth-order valence-electron chi connectivity index (χ4n) is 2.13. The lowest BCUT2D eigenvalue weighted by Gasteiger charge is -2.23. The smallest absolute Gasteiger partial charge is 0.341 e. The molecule has 5 heteroatoms. The summed E-state index contributed by atoms with van der Waals surface area (Å²) in [6.45, 7) is 0.742. The van der Waals surface area contributed by atoms with E-state index in [0.717, 1.165) is 25.9 Å². The van der Waals surface area contributed by atoms with Crippen molar-refractivity contribution < 1.29 is 23.7 Å². The molecule has 5 nitrogen and oxygen atoms in total. The average molecular weight is 292 g/mol. The topological polar surface area (TPSA) is 54.0 Å². The van der Waals surface area contributed by atoms with Crippen LogP contribution in [0.15, 0.2) is 30.5 Å². The Kier molecular flexibility index (Phi) is 5.63. The lowest BCUT2D eigenvalue weighted by atomic mass is 10.1. The zero-order chi connectivity index (χ0) is 15.1. The minimum Gasteiger partial charge on any atom is -0.503 e. The fourth-order valence-corrected chi connectivity index (χ4v) is 2.13. The molecular formula is C16H20O5. The molecule has 0 bridgehead atoms. The van der Waals surface area contributed by atoms with Crippen LogP contribution in [0.1, 0.15) is 24.8 Å². The lowest BCUT2D eigenvalue weighted by molar-refractivity contribution is -0.133.